The predicted molar refractivity (Wildman–Crippen MR) is 45.9 cm³/mol. The van der Waals surface area contributed by atoms with Gasteiger partial charge in [0, 0.05) is 6.07 Å². The highest BCUT2D eigenvalue weighted by Gasteiger charge is 2.48. The molecule has 0 saturated carbocycles. The van der Waals surface area contributed by atoms with E-state index in [0.29, 0.717) is 12.1 Å². The van der Waals surface area contributed by atoms with Crippen LogP contribution >= 0.6 is 0 Å². The Balaban J connectivity index is 3.08. The lowest BCUT2D eigenvalue weighted by molar-refractivity contribution is -0.137. The van der Waals surface area contributed by atoms with Crippen LogP contribution in [0.4, 0.5) is 26.3 Å². The summed E-state index contributed by atoms with van der Waals surface area (Å²) in [5.74, 6) is -1.19. The minimum absolute atomic E-state index is 0.100. The largest absolute Gasteiger partial charge is 0.534 e. The zero-order chi connectivity index (χ0) is 14.2. The summed E-state index contributed by atoms with van der Waals surface area (Å²) >= 11 is 0. The van der Waals surface area contributed by atoms with Gasteiger partial charge in [0.25, 0.3) is 0 Å². The van der Waals surface area contributed by atoms with Crippen molar-refractivity contribution in [1.29, 1.82) is 0 Å². The Kier molecular flexibility index (Phi) is 3.52. The van der Waals surface area contributed by atoms with E-state index in [2.05, 4.69) is 4.18 Å². The van der Waals surface area contributed by atoms with Gasteiger partial charge in [0.15, 0.2) is 5.75 Å². The molecule has 101 valence electrons. The molecule has 0 aliphatic rings. The van der Waals surface area contributed by atoms with Crippen molar-refractivity contribution in [2.24, 2.45) is 0 Å². The molecule has 10 heteroatoms. The van der Waals surface area contributed by atoms with E-state index in [9.17, 15) is 34.8 Å². The van der Waals surface area contributed by atoms with Crippen LogP contribution in [0.25, 0.3) is 0 Å². The van der Waals surface area contributed by atoms with Gasteiger partial charge in [-0.25, -0.2) is 0 Å². The summed E-state index contributed by atoms with van der Waals surface area (Å²) in [4.78, 5) is 0. The molecule has 1 aromatic carbocycles. The van der Waals surface area contributed by atoms with Gasteiger partial charge >= 0.3 is 21.8 Å². The molecule has 18 heavy (non-hydrogen) atoms. The van der Waals surface area contributed by atoms with Gasteiger partial charge in [-0.15, -0.1) is 0 Å². The Morgan fingerprint density at radius 2 is 1.67 bits per heavy atom. The highest BCUT2D eigenvalue weighted by molar-refractivity contribution is 7.87. The van der Waals surface area contributed by atoms with E-state index in [1.165, 1.54) is 0 Å². The van der Waals surface area contributed by atoms with Crippen LogP contribution in [0.15, 0.2) is 18.2 Å². The molecule has 3 nitrogen and oxygen atoms in total. The third-order valence-electron chi connectivity index (χ3n) is 1.59. The SMILES string of the molecule is O=S(=O)(Oc1[c]ccc(C(F)(F)F)c1)C(F)(F)F. The van der Waals surface area contributed by atoms with Crippen LogP contribution < -0.4 is 4.18 Å². The van der Waals surface area contributed by atoms with E-state index in [-0.39, 0.29) is 6.07 Å². The second-order valence-corrected chi connectivity index (χ2v) is 4.46. The second-order valence-electron chi connectivity index (χ2n) is 2.92. The molecule has 0 unspecified atom stereocenters. The first-order chi connectivity index (χ1) is 7.93. The molecule has 0 aliphatic carbocycles. The molecule has 0 fully saturated rings. The molecule has 0 amide bonds. The van der Waals surface area contributed by atoms with Gasteiger partial charge in [-0.3, -0.25) is 0 Å². The molecule has 0 heterocycles. The highest BCUT2D eigenvalue weighted by Crippen LogP contribution is 2.33. The third kappa shape index (κ3) is 3.28. The Bertz CT molecular complexity index is 530. The maximum atomic E-state index is 12.2. The zero-order valence-corrected chi connectivity index (χ0v) is 8.95. The van der Waals surface area contributed by atoms with Gasteiger partial charge in [-0.1, -0.05) is 0 Å². The second kappa shape index (κ2) is 4.34. The van der Waals surface area contributed by atoms with Crippen molar-refractivity contribution in [3.05, 3.63) is 29.8 Å². The van der Waals surface area contributed by atoms with Crippen LogP contribution in [0, 0.1) is 6.07 Å². The zero-order valence-electron chi connectivity index (χ0n) is 8.13. The molecule has 0 bridgehead atoms. The average molecular weight is 293 g/mol. The molecule has 0 atom stereocenters. The number of benzene rings is 1. The van der Waals surface area contributed by atoms with Gasteiger partial charge in [0.1, 0.15) is 0 Å². The predicted octanol–water partition coefficient (Wildman–Crippen LogP) is 2.73. The van der Waals surface area contributed by atoms with Crippen LogP contribution in [-0.4, -0.2) is 13.9 Å². The lowest BCUT2D eigenvalue weighted by Gasteiger charge is -2.11. The van der Waals surface area contributed by atoms with Gasteiger partial charge in [0.2, 0.25) is 0 Å². The van der Waals surface area contributed by atoms with Crippen LogP contribution in [-0.2, 0) is 16.3 Å². The van der Waals surface area contributed by atoms with Crippen molar-refractivity contribution in [1.82, 2.24) is 0 Å². The van der Waals surface area contributed by atoms with E-state index >= 15 is 0 Å². The van der Waals surface area contributed by atoms with Crippen molar-refractivity contribution < 1.29 is 38.9 Å². The van der Waals surface area contributed by atoms with E-state index < -0.39 is 33.1 Å². The molecular formula is C8H3F6O3S. The number of hydrogen-bond acceptors (Lipinski definition) is 3. The molecule has 0 N–H and O–H groups in total. The summed E-state index contributed by atoms with van der Waals surface area (Å²) in [6.45, 7) is 0. The van der Waals surface area contributed by atoms with Crippen molar-refractivity contribution in [3.8, 4) is 5.75 Å². The first kappa shape index (κ1) is 14.6. The Morgan fingerprint density at radius 3 is 2.11 bits per heavy atom. The number of hydrogen-bond donors (Lipinski definition) is 0. The van der Waals surface area contributed by atoms with Crippen molar-refractivity contribution >= 4 is 10.1 Å². The maximum Gasteiger partial charge on any atom is 0.534 e. The lowest BCUT2D eigenvalue weighted by Crippen LogP contribution is -2.28. The van der Waals surface area contributed by atoms with Gasteiger partial charge in [-0.2, -0.15) is 34.8 Å². The molecule has 1 rings (SSSR count). The topological polar surface area (TPSA) is 43.4 Å². The summed E-state index contributed by atoms with van der Waals surface area (Å²) in [5.41, 5.74) is -7.08. The molecule has 0 aliphatic heterocycles. The van der Waals surface area contributed by atoms with Crippen molar-refractivity contribution in [3.63, 3.8) is 0 Å². The first-order valence-electron chi connectivity index (χ1n) is 4.03. The van der Waals surface area contributed by atoms with Gasteiger partial charge in [0.05, 0.1) is 5.56 Å². The fourth-order valence-electron chi connectivity index (χ4n) is 0.834. The normalized spacial score (nSPS) is 13.4. The minimum Gasteiger partial charge on any atom is -0.375 e. The van der Waals surface area contributed by atoms with E-state index in [1.807, 2.05) is 6.07 Å². The molecule has 1 radical (unpaired) electrons. The number of alkyl halides is 6. The first-order valence-corrected chi connectivity index (χ1v) is 5.44. The Labute approximate surface area is 97.1 Å². The van der Waals surface area contributed by atoms with Crippen LogP contribution in [0.2, 0.25) is 0 Å². The molecule has 0 spiro atoms. The fraction of sp³-hybridized carbons (Fsp3) is 0.250. The Morgan fingerprint density at radius 1 is 1.11 bits per heavy atom. The molecular weight excluding hydrogens is 290 g/mol. The van der Waals surface area contributed by atoms with Crippen molar-refractivity contribution in [2.45, 2.75) is 11.7 Å². The van der Waals surface area contributed by atoms with E-state index in [1.54, 1.807) is 0 Å². The van der Waals surface area contributed by atoms with Gasteiger partial charge in [-0.05, 0) is 18.2 Å². The maximum absolute atomic E-state index is 12.2. The summed E-state index contributed by atoms with van der Waals surface area (Å²) in [6.07, 6.45) is -4.84. The summed E-state index contributed by atoms with van der Waals surface area (Å²) in [7, 11) is -6.01. The fourth-order valence-corrected chi connectivity index (χ4v) is 1.26. The van der Waals surface area contributed by atoms with Crippen LogP contribution in [0.3, 0.4) is 0 Å². The van der Waals surface area contributed by atoms with E-state index in [4.69, 9.17) is 0 Å². The van der Waals surface area contributed by atoms with Crippen LogP contribution in [0.1, 0.15) is 5.56 Å². The standard InChI is InChI=1S/C8H3F6O3S/c9-7(10,11)5-2-1-3-6(4-5)17-18(15,16)8(12,13)14/h1-2,4H. The Hall–Kier alpha value is -1.45. The van der Waals surface area contributed by atoms with E-state index in [0.717, 1.165) is 0 Å². The molecule has 0 saturated heterocycles. The number of rotatable bonds is 2. The minimum atomic E-state index is -6.01. The summed E-state index contributed by atoms with van der Waals surface area (Å²) in [6, 6.07) is 3.02. The van der Waals surface area contributed by atoms with Crippen molar-refractivity contribution in [2.75, 3.05) is 0 Å². The average Bonchev–Trinajstić information content (AvgIpc) is 2.14. The molecule has 0 aromatic heterocycles. The summed E-state index contributed by atoms with van der Waals surface area (Å²) < 4.78 is 96.9. The smallest absolute Gasteiger partial charge is 0.375 e. The lowest BCUT2D eigenvalue weighted by atomic mass is 10.2. The summed E-state index contributed by atoms with van der Waals surface area (Å²) in [5, 5.41) is 0. The third-order valence-corrected chi connectivity index (χ3v) is 2.55. The quantitative estimate of drug-likeness (QED) is 0.478. The molecule has 1 aromatic rings. The van der Waals surface area contributed by atoms with Crippen LogP contribution in [0.5, 0.6) is 5.75 Å². The highest BCUT2D eigenvalue weighted by atomic mass is 32.2. The number of halogens is 6. The monoisotopic (exact) mass is 293 g/mol. The van der Waals surface area contributed by atoms with Gasteiger partial charge < -0.3 is 4.18 Å².